The van der Waals surface area contributed by atoms with Crippen molar-refractivity contribution in [2.75, 3.05) is 0 Å². The lowest BCUT2D eigenvalue weighted by molar-refractivity contribution is -0.144. The van der Waals surface area contributed by atoms with Crippen molar-refractivity contribution in [2.24, 2.45) is 11.7 Å². The first kappa shape index (κ1) is 28.8. The molecule has 0 saturated heterocycles. The van der Waals surface area contributed by atoms with Gasteiger partial charge in [0.1, 0.15) is 24.2 Å². The lowest BCUT2D eigenvalue weighted by Gasteiger charge is -2.27. The molecule has 0 aliphatic rings. The maximum Gasteiger partial charge on any atom is 0.326 e. The molecular formula is C24H35N5O7. The SMILES string of the molecule is CC(C)C(NC(=O)C(NC(=O)C(Cc1c[nH]c2ccccc12)NC(=O)C(N)C(C)O)C(C)O)C(=O)O. The summed E-state index contributed by atoms with van der Waals surface area (Å²) in [5.41, 5.74) is 7.23. The van der Waals surface area contributed by atoms with E-state index in [1.54, 1.807) is 20.0 Å². The smallest absolute Gasteiger partial charge is 0.326 e. The van der Waals surface area contributed by atoms with E-state index in [2.05, 4.69) is 20.9 Å². The van der Waals surface area contributed by atoms with Crippen LogP contribution in [0.15, 0.2) is 30.5 Å². The summed E-state index contributed by atoms with van der Waals surface area (Å²) in [6.45, 7) is 5.81. The summed E-state index contributed by atoms with van der Waals surface area (Å²) in [4.78, 5) is 53.2. The molecule has 12 nitrogen and oxygen atoms in total. The molecular weight excluding hydrogens is 470 g/mol. The number of fused-ring (bicyclic) bond motifs is 1. The van der Waals surface area contributed by atoms with Crippen molar-refractivity contribution in [3.63, 3.8) is 0 Å². The molecule has 3 amide bonds. The van der Waals surface area contributed by atoms with Gasteiger partial charge in [-0.2, -0.15) is 0 Å². The van der Waals surface area contributed by atoms with Gasteiger partial charge >= 0.3 is 5.97 Å². The molecule has 12 heteroatoms. The molecule has 6 unspecified atom stereocenters. The highest BCUT2D eigenvalue weighted by Crippen LogP contribution is 2.19. The summed E-state index contributed by atoms with van der Waals surface area (Å²) in [6, 6.07) is 2.08. The molecule has 36 heavy (non-hydrogen) atoms. The fourth-order valence-electron chi connectivity index (χ4n) is 3.63. The predicted octanol–water partition coefficient (Wildman–Crippen LogP) is -1.01. The van der Waals surface area contributed by atoms with E-state index in [9.17, 15) is 34.5 Å². The van der Waals surface area contributed by atoms with Crippen molar-refractivity contribution in [1.29, 1.82) is 0 Å². The van der Waals surface area contributed by atoms with Crippen LogP contribution in [0.2, 0.25) is 0 Å². The largest absolute Gasteiger partial charge is 0.480 e. The van der Waals surface area contributed by atoms with Gasteiger partial charge in [-0.1, -0.05) is 32.0 Å². The predicted molar refractivity (Wildman–Crippen MR) is 132 cm³/mol. The van der Waals surface area contributed by atoms with Gasteiger partial charge in [0.2, 0.25) is 17.7 Å². The van der Waals surface area contributed by atoms with Gasteiger partial charge in [0.15, 0.2) is 0 Å². The van der Waals surface area contributed by atoms with Crippen LogP contribution in [0.4, 0.5) is 0 Å². The van der Waals surface area contributed by atoms with E-state index in [0.29, 0.717) is 5.56 Å². The molecule has 0 bridgehead atoms. The van der Waals surface area contributed by atoms with E-state index in [0.717, 1.165) is 10.9 Å². The number of para-hydroxylation sites is 1. The highest BCUT2D eigenvalue weighted by atomic mass is 16.4. The Bertz CT molecular complexity index is 1080. The third-order valence-corrected chi connectivity index (χ3v) is 5.85. The average molecular weight is 506 g/mol. The summed E-state index contributed by atoms with van der Waals surface area (Å²) < 4.78 is 0. The minimum Gasteiger partial charge on any atom is -0.480 e. The quantitative estimate of drug-likeness (QED) is 0.179. The maximum atomic E-state index is 13.3. The molecule has 198 valence electrons. The molecule has 0 saturated carbocycles. The van der Waals surface area contributed by atoms with E-state index in [1.807, 2.05) is 24.3 Å². The minimum atomic E-state index is -1.49. The fourth-order valence-corrected chi connectivity index (χ4v) is 3.63. The maximum absolute atomic E-state index is 13.3. The second kappa shape index (κ2) is 12.5. The Kier molecular flexibility index (Phi) is 9.96. The summed E-state index contributed by atoms with van der Waals surface area (Å²) in [5.74, 6) is -4.19. The van der Waals surface area contributed by atoms with Crippen molar-refractivity contribution in [2.45, 2.75) is 70.5 Å². The molecule has 0 radical (unpaired) electrons. The number of aromatic amines is 1. The van der Waals surface area contributed by atoms with Gasteiger partial charge in [-0.05, 0) is 31.4 Å². The van der Waals surface area contributed by atoms with Crippen LogP contribution in [0, 0.1) is 5.92 Å². The number of benzene rings is 1. The number of carbonyl (C=O) groups excluding carboxylic acids is 3. The highest BCUT2D eigenvalue weighted by Gasteiger charge is 2.34. The van der Waals surface area contributed by atoms with Crippen LogP contribution in [0.3, 0.4) is 0 Å². The van der Waals surface area contributed by atoms with E-state index < -0.39 is 66.0 Å². The second-order valence-corrected chi connectivity index (χ2v) is 9.19. The topological polar surface area (TPSA) is 207 Å². The first-order chi connectivity index (χ1) is 16.8. The standard InChI is InChI=1S/C24H35N5O7/c1-11(2)19(24(35)36)28-23(34)20(13(4)31)29-21(32)17(27-22(33)18(25)12(3)30)9-14-10-26-16-8-6-5-7-15(14)16/h5-8,10-13,17-20,26,30-31H,9,25H2,1-4H3,(H,27,33)(H,28,34)(H,29,32)(H,35,36). The number of aliphatic hydroxyl groups excluding tert-OH is 2. The Balaban J connectivity index is 2.30. The number of carboxylic acids is 1. The zero-order valence-corrected chi connectivity index (χ0v) is 20.7. The summed E-state index contributed by atoms with van der Waals surface area (Å²) in [7, 11) is 0. The van der Waals surface area contributed by atoms with E-state index in [4.69, 9.17) is 5.73 Å². The van der Waals surface area contributed by atoms with Crippen LogP contribution < -0.4 is 21.7 Å². The number of nitrogens with one attached hydrogen (secondary N) is 4. The van der Waals surface area contributed by atoms with Crippen molar-refractivity contribution in [1.82, 2.24) is 20.9 Å². The number of hydrogen-bond acceptors (Lipinski definition) is 7. The Morgan fingerprint density at radius 2 is 1.50 bits per heavy atom. The first-order valence-electron chi connectivity index (χ1n) is 11.6. The van der Waals surface area contributed by atoms with Gasteiger partial charge in [0.05, 0.1) is 12.2 Å². The summed E-state index contributed by atoms with van der Waals surface area (Å²) in [5, 5.41) is 37.3. The average Bonchev–Trinajstić information content (AvgIpc) is 3.21. The summed E-state index contributed by atoms with van der Waals surface area (Å²) >= 11 is 0. The molecule has 6 atom stereocenters. The Labute approximate surface area is 208 Å². The molecule has 0 spiro atoms. The molecule has 2 rings (SSSR count). The van der Waals surface area contributed by atoms with Gasteiger partial charge in [0.25, 0.3) is 0 Å². The minimum absolute atomic E-state index is 0.00596. The van der Waals surface area contributed by atoms with Crippen LogP contribution in [0.1, 0.15) is 33.3 Å². The van der Waals surface area contributed by atoms with Crippen molar-refractivity contribution in [3.05, 3.63) is 36.0 Å². The lowest BCUT2D eigenvalue weighted by Crippen LogP contribution is -2.61. The van der Waals surface area contributed by atoms with E-state index in [1.165, 1.54) is 13.8 Å². The third kappa shape index (κ3) is 7.26. The normalized spacial score (nSPS) is 16.4. The number of rotatable bonds is 12. The number of carbonyl (C=O) groups is 4. The van der Waals surface area contributed by atoms with Gasteiger partial charge in [-0.15, -0.1) is 0 Å². The lowest BCUT2D eigenvalue weighted by atomic mass is 10.0. The van der Waals surface area contributed by atoms with Gasteiger partial charge in [0, 0.05) is 23.5 Å². The number of aliphatic carboxylic acids is 1. The van der Waals surface area contributed by atoms with Crippen LogP contribution in [0.5, 0.6) is 0 Å². The monoisotopic (exact) mass is 505 g/mol. The molecule has 0 fully saturated rings. The van der Waals surface area contributed by atoms with E-state index in [-0.39, 0.29) is 6.42 Å². The number of carboxylic acid groups (broad SMARTS) is 1. The van der Waals surface area contributed by atoms with Crippen molar-refractivity contribution >= 4 is 34.6 Å². The molecule has 0 aliphatic carbocycles. The van der Waals surface area contributed by atoms with Gasteiger partial charge in [-0.3, -0.25) is 14.4 Å². The van der Waals surface area contributed by atoms with Gasteiger partial charge in [-0.25, -0.2) is 4.79 Å². The fraction of sp³-hybridized carbons (Fsp3) is 0.500. The molecule has 1 aromatic heterocycles. The van der Waals surface area contributed by atoms with Crippen LogP contribution in [-0.2, 0) is 25.6 Å². The summed E-state index contributed by atoms with van der Waals surface area (Å²) in [6.07, 6.45) is -0.863. The number of aliphatic hydroxyl groups is 2. The number of nitrogens with two attached hydrogens (primary N) is 1. The van der Waals surface area contributed by atoms with Crippen LogP contribution in [-0.4, -0.2) is 80.4 Å². The van der Waals surface area contributed by atoms with Crippen molar-refractivity contribution in [3.8, 4) is 0 Å². The second-order valence-electron chi connectivity index (χ2n) is 9.19. The molecule has 0 aliphatic heterocycles. The van der Waals surface area contributed by atoms with E-state index >= 15 is 0 Å². The number of aromatic nitrogens is 1. The number of hydrogen-bond donors (Lipinski definition) is 8. The Hall–Kier alpha value is -3.48. The highest BCUT2D eigenvalue weighted by molar-refractivity contribution is 5.95. The molecule has 2 aromatic rings. The Morgan fingerprint density at radius 1 is 0.889 bits per heavy atom. The Morgan fingerprint density at radius 3 is 2.06 bits per heavy atom. The third-order valence-electron chi connectivity index (χ3n) is 5.85. The zero-order chi connectivity index (χ0) is 27.2. The first-order valence-corrected chi connectivity index (χ1v) is 11.6. The number of H-pyrrole nitrogens is 1. The number of amides is 3. The van der Waals surface area contributed by atoms with Gasteiger partial charge < -0.3 is 42.0 Å². The molecule has 9 N–H and O–H groups in total. The zero-order valence-electron chi connectivity index (χ0n) is 20.7. The molecule has 1 heterocycles. The van der Waals surface area contributed by atoms with Crippen molar-refractivity contribution < 1.29 is 34.5 Å². The molecule has 1 aromatic carbocycles. The van der Waals surface area contributed by atoms with Crippen LogP contribution >= 0.6 is 0 Å². The van der Waals surface area contributed by atoms with Crippen LogP contribution in [0.25, 0.3) is 10.9 Å².